The number of anilines is 2. The molecule has 8 heteroatoms. The number of amides is 1. The van der Waals surface area contributed by atoms with Crippen molar-refractivity contribution in [1.82, 2.24) is 4.98 Å². The molecule has 1 amide bonds. The van der Waals surface area contributed by atoms with Gasteiger partial charge in [0, 0.05) is 30.9 Å². The molecule has 2 fully saturated rings. The Morgan fingerprint density at radius 1 is 1.21 bits per heavy atom. The maximum Gasteiger partial charge on any atom is 0.211 e. The van der Waals surface area contributed by atoms with Crippen molar-refractivity contribution in [3.8, 4) is 0 Å². The van der Waals surface area contributed by atoms with E-state index in [1.807, 2.05) is 38.1 Å². The van der Waals surface area contributed by atoms with Crippen molar-refractivity contribution in [2.75, 3.05) is 30.4 Å². The van der Waals surface area contributed by atoms with E-state index in [4.69, 9.17) is 22.1 Å². The molecule has 0 bridgehead atoms. The lowest BCUT2D eigenvalue weighted by molar-refractivity contribution is -0.105. The molecule has 7 nitrogen and oxygen atoms in total. The van der Waals surface area contributed by atoms with E-state index in [1.54, 1.807) is 19.5 Å². The number of aromatic nitrogens is 1. The predicted octanol–water partition coefficient (Wildman–Crippen LogP) is 5.44. The summed E-state index contributed by atoms with van der Waals surface area (Å²) in [6, 6.07) is 9.45. The van der Waals surface area contributed by atoms with E-state index in [-0.39, 0.29) is 0 Å². The molecule has 2 aliphatic rings. The molecule has 0 spiro atoms. The SMILES string of the molecule is CC(=Nc1ccc(Cl)cc1)/C(C)=C\N.COC1CCN(c2ncc(NC=O)cc2C2CC2)CC1. The number of carbonyl (C=O) groups excluding carboxylic acids is 1. The minimum Gasteiger partial charge on any atom is -0.404 e. The molecule has 1 aromatic heterocycles. The lowest BCUT2D eigenvalue weighted by atomic mass is 10.1. The van der Waals surface area contributed by atoms with Crippen molar-refractivity contribution in [3.05, 3.63) is 58.9 Å². The smallest absolute Gasteiger partial charge is 0.211 e. The second-order valence-corrected chi connectivity index (χ2v) is 9.06. The van der Waals surface area contributed by atoms with Gasteiger partial charge in [-0.3, -0.25) is 9.79 Å². The van der Waals surface area contributed by atoms with Gasteiger partial charge in [0.05, 0.1) is 23.7 Å². The number of halogens is 1. The Labute approximate surface area is 207 Å². The number of ether oxygens (including phenoxy) is 1. The Balaban J connectivity index is 0.000000204. The number of hydrogen-bond donors (Lipinski definition) is 2. The molecule has 0 unspecified atom stereocenters. The summed E-state index contributed by atoms with van der Waals surface area (Å²) in [6.07, 6.45) is 8.95. The highest BCUT2D eigenvalue weighted by molar-refractivity contribution is 6.30. The van der Waals surface area contributed by atoms with Crippen molar-refractivity contribution >= 4 is 40.9 Å². The lowest BCUT2D eigenvalue weighted by Crippen LogP contribution is -2.37. The Bertz CT molecular complexity index is 1010. The van der Waals surface area contributed by atoms with Crippen molar-refractivity contribution in [3.63, 3.8) is 0 Å². The Hall–Kier alpha value is -2.90. The molecule has 182 valence electrons. The summed E-state index contributed by atoms with van der Waals surface area (Å²) >= 11 is 5.76. The van der Waals surface area contributed by atoms with Crippen LogP contribution in [0.3, 0.4) is 0 Å². The normalized spacial score (nSPS) is 17.1. The molecule has 1 aliphatic heterocycles. The van der Waals surface area contributed by atoms with E-state index in [9.17, 15) is 4.79 Å². The van der Waals surface area contributed by atoms with Crippen LogP contribution in [-0.2, 0) is 9.53 Å². The molecular weight excluding hydrogens is 450 g/mol. The summed E-state index contributed by atoms with van der Waals surface area (Å²) in [5.74, 6) is 1.71. The van der Waals surface area contributed by atoms with E-state index in [2.05, 4.69) is 26.3 Å². The quantitative estimate of drug-likeness (QED) is 0.404. The number of carbonyl (C=O) groups is 1. The van der Waals surface area contributed by atoms with Gasteiger partial charge in [0.1, 0.15) is 5.82 Å². The fraction of sp³-hybridized carbons (Fsp3) is 0.423. The maximum atomic E-state index is 10.6. The van der Waals surface area contributed by atoms with Gasteiger partial charge in [0.2, 0.25) is 6.41 Å². The van der Waals surface area contributed by atoms with Gasteiger partial charge in [-0.2, -0.15) is 0 Å². The molecule has 1 saturated carbocycles. The van der Waals surface area contributed by atoms with Crippen LogP contribution in [0.25, 0.3) is 0 Å². The number of benzene rings is 1. The van der Waals surface area contributed by atoms with Crippen LogP contribution < -0.4 is 16.0 Å². The highest BCUT2D eigenvalue weighted by Gasteiger charge is 2.30. The molecule has 3 N–H and O–H groups in total. The Kier molecular flexibility index (Phi) is 9.48. The molecule has 2 aromatic rings. The summed E-state index contributed by atoms with van der Waals surface area (Å²) in [6.45, 7) is 5.83. The van der Waals surface area contributed by atoms with Gasteiger partial charge >= 0.3 is 0 Å². The standard InChI is InChI=1S/C15H21N3O2.C11H13ClN2/c1-20-13-4-6-18(7-5-13)15-14(11-2-3-11)8-12(9-16-15)17-10-19;1-8(7-13)9(2)14-11-5-3-10(12)4-6-11/h8-11,13H,2-7H2,1H3,(H,17,19);3-7H,13H2,1-2H3/b;8-7-,14-9?. The summed E-state index contributed by atoms with van der Waals surface area (Å²) in [5.41, 5.74) is 10.2. The number of rotatable bonds is 7. The van der Waals surface area contributed by atoms with Crippen LogP contribution in [0.4, 0.5) is 17.2 Å². The van der Waals surface area contributed by atoms with Crippen LogP contribution in [0.1, 0.15) is 51.0 Å². The number of nitrogens with two attached hydrogens (primary N) is 1. The van der Waals surface area contributed by atoms with Gasteiger partial charge in [-0.1, -0.05) is 11.6 Å². The number of nitrogens with one attached hydrogen (secondary N) is 1. The average molecular weight is 484 g/mol. The molecular formula is C26H34ClN5O2. The van der Waals surface area contributed by atoms with Gasteiger partial charge in [-0.25, -0.2) is 4.98 Å². The molecule has 1 aliphatic carbocycles. The van der Waals surface area contributed by atoms with E-state index in [0.29, 0.717) is 23.5 Å². The van der Waals surface area contributed by atoms with Crippen molar-refractivity contribution in [2.45, 2.75) is 51.6 Å². The van der Waals surface area contributed by atoms with Gasteiger partial charge in [-0.15, -0.1) is 0 Å². The van der Waals surface area contributed by atoms with E-state index in [1.165, 1.54) is 18.4 Å². The molecule has 4 rings (SSSR count). The van der Waals surface area contributed by atoms with Crippen molar-refractivity contribution in [1.29, 1.82) is 0 Å². The average Bonchev–Trinajstić information content (AvgIpc) is 3.71. The number of hydrogen-bond acceptors (Lipinski definition) is 6. The third-order valence-corrected chi connectivity index (χ3v) is 6.41. The number of pyridine rings is 1. The molecule has 2 heterocycles. The fourth-order valence-corrected chi connectivity index (χ4v) is 3.93. The zero-order valence-electron chi connectivity index (χ0n) is 20.1. The van der Waals surface area contributed by atoms with E-state index >= 15 is 0 Å². The maximum absolute atomic E-state index is 10.6. The Morgan fingerprint density at radius 3 is 2.44 bits per heavy atom. The molecule has 0 radical (unpaired) electrons. The highest BCUT2D eigenvalue weighted by atomic mass is 35.5. The first-order valence-electron chi connectivity index (χ1n) is 11.6. The number of piperidine rings is 1. The van der Waals surface area contributed by atoms with Crippen molar-refractivity contribution < 1.29 is 9.53 Å². The second kappa shape index (κ2) is 12.5. The molecule has 34 heavy (non-hydrogen) atoms. The fourth-order valence-electron chi connectivity index (χ4n) is 3.80. The highest BCUT2D eigenvalue weighted by Crippen LogP contribution is 2.44. The number of nitrogens with zero attached hydrogens (tertiary/aromatic N) is 3. The van der Waals surface area contributed by atoms with Crippen molar-refractivity contribution in [2.24, 2.45) is 10.7 Å². The van der Waals surface area contributed by atoms with E-state index < -0.39 is 0 Å². The van der Waals surface area contributed by atoms with Crippen LogP contribution in [-0.4, -0.2) is 43.4 Å². The zero-order chi connectivity index (χ0) is 24.5. The van der Waals surface area contributed by atoms with Crippen LogP contribution >= 0.6 is 11.6 Å². The van der Waals surface area contributed by atoms with E-state index in [0.717, 1.165) is 54.4 Å². The van der Waals surface area contributed by atoms with Crippen LogP contribution in [0.5, 0.6) is 0 Å². The molecule has 0 atom stereocenters. The zero-order valence-corrected chi connectivity index (χ0v) is 20.9. The minimum atomic E-state index is 0.381. The largest absolute Gasteiger partial charge is 0.404 e. The predicted molar refractivity (Wildman–Crippen MR) is 140 cm³/mol. The molecule has 1 saturated heterocycles. The first kappa shape index (κ1) is 25.7. The third kappa shape index (κ3) is 7.30. The van der Waals surface area contributed by atoms with Crippen LogP contribution in [0, 0.1) is 0 Å². The van der Waals surface area contributed by atoms with Crippen LogP contribution in [0.15, 0.2) is 53.3 Å². The summed E-state index contributed by atoms with van der Waals surface area (Å²) in [4.78, 5) is 21.9. The van der Waals surface area contributed by atoms with Gasteiger partial charge in [0.15, 0.2) is 0 Å². The van der Waals surface area contributed by atoms with Gasteiger partial charge in [0.25, 0.3) is 0 Å². The summed E-state index contributed by atoms with van der Waals surface area (Å²) < 4.78 is 5.42. The van der Waals surface area contributed by atoms with Gasteiger partial charge < -0.3 is 20.7 Å². The topological polar surface area (TPSA) is 92.8 Å². The lowest BCUT2D eigenvalue weighted by Gasteiger charge is -2.33. The first-order chi connectivity index (χ1) is 16.4. The second-order valence-electron chi connectivity index (χ2n) is 8.62. The minimum absolute atomic E-state index is 0.381. The summed E-state index contributed by atoms with van der Waals surface area (Å²) in [7, 11) is 1.79. The third-order valence-electron chi connectivity index (χ3n) is 6.16. The number of aliphatic imine (C=N–C) groups is 1. The molecule has 1 aromatic carbocycles. The van der Waals surface area contributed by atoms with Crippen LogP contribution in [0.2, 0.25) is 5.02 Å². The number of allylic oxidation sites excluding steroid dienone is 1. The first-order valence-corrected chi connectivity index (χ1v) is 12.0. The monoisotopic (exact) mass is 483 g/mol. The Morgan fingerprint density at radius 2 is 1.88 bits per heavy atom. The summed E-state index contributed by atoms with van der Waals surface area (Å²) in [5, 5.41) is 3.41. The number of methoxy groups -OCH3 is 1. The van der Waals surface area contributed by atoms with Gasteiger partial charge in [-0.05, 0) is 93.1 Å².